The normalized spacial score (nSPS) is 19.7. The average molecular weight is 452 g/mol. The van der Waals surface area contributed by atoms with Crippen LogP contribution in [-0.2, 0) is 19.9 Å². The molecule has 2 aliphatic carbocycles. The largest absolute Gasteiger partial charge is 0.404 e. The summed E-state index contributed by atoms with van der Waals surface area (Å²) in [6.45, 7) is 2.18. The third kappa shape index (κ3) is 5.22. The van der Waals surface area contributed by atoms with Crippen LogP contribution in [0.25, 0.3) is 5.57 Å². The lowest BCUT2D eigenvalue weighted by molar-refractivity contribution is -0.131. The zero-order valence-electron chi connectivity index (χ0n) is 18.4. The van der Waals surface area contributed by atoms with Crippen LogP contribution in [0.2, 0.25) is 0 Å². The lowest BCUT2D eigenvalue weighted by atomic mass is 9.90. The molecule has 4 N–H and O–H groups in total. The van der Waals surface area contributed by atoms with Crippen molar-refractivity contribution in [3.8, 4) is 0 Å². The van der Waals surface area contributed by atoms with Gasteiger partial charge >= 0.3 is 0 Å². The van der Waals surface area contributed by atoms with Crippen molar-refractivity contribution >= 4 is 44.4 Å². The van der Waals surface area contributed by atoms with Crippen molar-refractivity contribution in [2.24, 2.45) is 16.6 Å². The van der Waals surface area contributed by atoms with Crippen LogP contribution >= 0.6 is 9.24 Å². The van der Waals surface area contributed by atoms with Crippen LogP contribution < -0.4 is 21.7 Å². The van der Waals surface area contributed by atoms with Crippen LogP contribution in [0.1, 0.15) is 37.3 Å². The molecule has 7 nitrogen and oxygen atoms in total. The summed E-state index contributed by atoms with van der Waals surface area (Å²) in [5.74, 6) is -0.627. The van der Waals surface area contributed by atoms with Crippen molar-refractivity contribution in [2.45, 2.75) is 31.7 Å². The fourth-order valence-electron chi connectivity index (χ4n) is 3.89. The molecule has 2 aliphatic rings. The fourth-order valence-corrected chi connectivity index (χ4v) is 4.24. The molecule has 2 unspecified atom stereocenters. The first kappa shape index (κ1) is 23.6. The Kier molecular flexibility index (Phi) is 7.41. The zero-order chi connectivity index (χ0) is 23.3. The molecule has 0 bridgehead atoms. The molecule has 1 aromatic rings. The fraction of sp³-hybridized carbons (Fsp3) is 0.333. The molecule has 8 heteroatoms. The highest BCUT2D eigenvalue weighted by atomic mass is 31.0. The van der Waals surface area contributed by atoms with Gasteiger partial charge in [0.2, 0.25) is 6.29 Å². The molecular formula is C24H29N4O3P. The van der Waals surface area contributed by atoms with Crippen LogP contribution in [0.5, 0.6) is 0 Å². The van der Waals surface area contributed by atoms with Crippen LogP contribution in [0.4, 0.5) is 0 Å². The van der Waals surface area contributed by atoms with Gasteiger partial charge in [0, 0.05) is 37.2 Å². The van der Waals surface area contributed by atoms with E-state index < -0.39 is 11.4 Å². The molecule has 2 atom stereocenters. The zero-order valence-corrected chi connectivity index (χ0v) is 19.5. The van der Waals surface area contributed by atoms with Gasteiger partial charge in [0.05, 0.1) is 5.54 Å². The molecule has 32 heavy (non-hydrogen) atoms. The number of allylic oxidation sites excluding steroid dienone is 3. The molecule has 1 saturated carbocycles. The van der Waals surface area contributed by atoms with Gasteiger partial charge in [-0.15, -0.1) is 9.24 Å². The first-order valence-corrected chi connectivity index (χ1v) is 11.1. The molecule has 0 heterocycles. The van der Waals surface area contributed by atoms with E-state index in [0.717, 1.165) is 46.8 Å². The number of nitrogens with one attached hydrogen (secondary N) is 2. The van der Waals surface area contributed by atoms with Crippen molar-refractivity contribution < 1.29 is 14.4 Å². The van der Waals surface area contributed by atoms with Gasteiger partial charge in [0.15, 0.2) is 0 Å². The maximum atomic E-state index is 13.2. The highest BCUT2D eigenvalue weighted by molar-refractivity contribution is 7.27. The Bertz CT molecular complexity index is 1050. The average Bonchev–Trinajstić information content (AvgIpc) is 3.56. The molecule has 0 aromatic heterocycles. The summed E-state index contributed by atoms with van der Waals surface area (Å²) in [5.41, 5.74) is 9.40. The van der Waals surface area contributed by atoms with Gasteiger partial charge in [-0.3, -0.25) is 19.4 Å². The van der Waals surface area contributed by atoms with E-state index in [1.54, 1.807) is 13.3 Å². The lowest BCUT2D eigenvalue weighted by Crippen LogP contribution is -2.38. The predicted octanol–water partition coefficient (Wildman–Crippen LogP) is 1.50. The number of hydrogen-bond acceptors (Lipinski definition) is 5. The van der Waals surface area contributed by atoms with Crippen molar-refractivity contribution in [1.82, 2.24) is 10.6 Å². The smallest absolute Gasteiger partial charge is 0.284 e. The third-order valence-electron chi connectivity index (χ3n) is 5.80. The molecule has 0 radical (unpaired) electrons. The number of amides is 2. The summed E-state index contributed by atoms with van der Waals surface area (Å²) in [7, 11) is 4.40. The van der Waals surface area contributed by atoms with Crippen molar-refractivity contribution in [2.75, 3.05) is 13.6 Å². The first-order chi connectivity index (χ1) is 15.3. The summed E-state index contributed by atoms with van der Waals surface area (Å²) in [6, 6.07) is 6.07. The van der Waals surface area contributed by atoms with E-state index in [4.69, 9.17) is 5.73 Å². The van der Waals surface area contributed by atoms with Crippen LogP contribution in [0.15, 0.2) is 52.7 Å². The molecule has 1 aromatic carbocycles. The summed E-state index contributed by atoms with van der Waals surface area (Å²) >= 11 is 0. The van der Waals surface area contributed by atoms with Gasteiger partial charge in [0.25, 0.3) is 11.8 Å². The van der Waals surface area contributed by atoms with Gasteiger partial charge in [-0.2, -0.15) is 0 Å². The monoisotopic (exact) mass is 452 g/mol. The molecule has 3 rings (SSSR count). The van der Waals surface area contributed by atoms with E-state index in [0.29, 0.717) is 5.57 Å². The number of nitrogens with zero attached hydrogens (tertiary/aromatic N) is 1. The van der Waals surface area contributed by atoms with E-state index in [1.807, 2.05) is 37.3 Å². The summed E-state index contributed by atoms with van der Waals surface area (Å²) in [5, 5.41) is 6.74. The Morgan fingerprint density at radius 3 is 2.72 bits per heavy atom. The molecular weight excluding hydrogens is 423 g/mol. The minimum Gasteiger partial charge on any atom is -0.404 e. The number of hydrogen-bond donors (Lipinski definition) is 3. The van der Waals surface area contributed by atoms with Crippen LogP contribution in [0, 0.1) is 5.92 Å². The summed E-state index contributed by atoms with van der Waals surface area (Å²) in [6.07, 6.45) is 9.76. The van der Waals surface area contributed by atoms with Crippen LogP contribution in [0.3, 0.4) is 0 Å². The van der Waals surface area contributed by atoms with E-state index in [2.05, 4.69) is 24.9 Å². The predicted molar refractivity (Wildman–Crippen MR) is 130 cm³/mol. The second-order valence-electron chi connectivity index (χ2n) is 8.21. The number of rotatable bonds is 8. The number of benzene rings is 1. The topological polar surface area (TPSA) is 114 Å². The van der Waals surface area contributed by atoms with E-state index >= 15 is 0 Å². The third-order valence-corrected chi connectivity index (χ3v) is 6.30. The maximum Gasteiger partial charge on any atom is 0.284 e. The number of carbonyl (C=O) groups is 3. The molecule has 168 valence electrons. The number of nitrogens with two attached hydrogens (primary N) is 1. The Labute approximate surface area is 190 Å². The molecule has 0 spiro atoms. The maximum absolute atomic E-state index is 13.2. The van der Waals surface area contributed by atoms with Crippen molar-refractivity contribution in [3.63, 3.8) is 0 Å². The SMILES string of the molecule is CN=C/C(=C\N)c1cc(C2(NC(=O)C3=CCC(C)C=C3CNC(=O)C=O)CC2)ccc1P. The van der Waals surface area contributed by atoms with Gasteiger partial charge in [-0.05, 0) is 53.3 Å². The number of aliphatic imine (C=N–C) groups is 1. The van der Waals surface area contributed by atoms with E-state index in [9.17, 15) is 14.4 Å². The minimum absolute atomic E-state index is 0.140. The Balaban J connectivity index is 1.82. The summed E-state index contributed by atoms with van der Waals surface area (Å²) in [4.78, 5) is 39.3. The highest BCUT2D eigenvalue weighted by Crippen LogP contribution is 2.46. The lowest BCUT2D eigenvalue weighted by Gasteiger charge is -2.24. The second kappa shape index (κ2) is 10.0. The molecule has 0 aliphatic heterocycles. The van der Waals surface area contributed by atoms with E-state index in [-0.39, 0.29) is 24.7 Å². The van der Waals surface area contributed by atoms with E-state index in [1.165, 1.54) is 6.20 Å². The number of aldehydes is 1. The quantitative estimate of drug-likeness (QED) is 0.240. The van der Waals surface area contributed by atoms with Crippen molar-refractivity contribution in [3.05, 3.63) is 58.8 Å². The molecule has 0 saturated heterocycles. The van der Waals surface area contributed by atoms with Gasteiger partial charge in [-0.1, -0.05) is 31.2 Å². The number of carbonyl (C=O) groups excluding carboxylic acids is 3. The minimum atomic E-state index is -0.702. The second-order valence-corrected chi connectivity index (χ2v) is 8.83. The van der Waals surface area contributed by atoms with Gasteiger partial charge < -0.3 is 16.4 Å². The Hall–Kier alpha value is -3.05. The van der Waals surface area contributed by atoms with Crippen LogP contribution in [-0.4, -0.2) is 37.9 Å². The Morgan fingerprint density at radius 1 is 1.34 bits per heavy atom. The van der Waals surface area contributed by atoms with Gasteiger partial charge in [-0.25, -0.2) is 0 Å². The Morgan fingerprint density at radius 2 is 2.09 bits per heavy atom. The summed E-state index contributed by atoms with van der Waals surface area (Å²) < 4.78 is 0. The van der Waals surface area contributed by atoms with Gasteiger partial charge in [0.1, 0.15) is 0 Å². The molecule has 2 amide bonds. The highest BCUT2D eigenvalue weighted by Gasteiger charge is 2.46. The standard InChI is InChI=1S/C24H29N4O3P/c1-15-3-5-19(16(9-15)13-27-22(30)14-29)23(31)28-24(7-8-24)18-4-6-21(32)20(10-18)17(11-25)12-26-2/h4-6,9-12,14-15H,3,7-8,13,25,32H2,1-2H3,(H,27,30)(H,28,31)/b17-11+,26-12?. The molecule has 1 fully saturated rings. The first-order valence-electron chi connectivity index (χ1n) is 10.5. The van der Waals surface area contributed by atoms with Crippen molar-refractivity contribution in [1.29, 1.82) is 0 Å².